The number of rotatable bonds is 9. The molecule has 5 rings (SSSR count). The zero-order chi connectivity index (χ0) is 32.3. The molecule has 234 valence electrons. The molecule has 45 heavy (non-hydrogen) atoms. The number of ether oxygens (including phenoxy) is 1. The van der Waals surface area contributed by atoms with E-state index in [2.05, 4.69) is 17.6 Å². The molecule has 4 unspecified atom stereocenters. The fourth-order valence-corrected chi connectivity index (χ4v) is 5.98. The number of alkyl carbamates (subject to hydrolysis) is 1. The maximum atomic E-state index is 14.8. The van der Waals surface area contributed by atoms with E-state index in [-0.39, 0.29) is 30.2 Å². The summed E-state index contributed by atoms with van der Waals surface area (Å²) in [6.07, 6.45) is 0.341. The highest BCUT2D eigenvalue weighted by Crippen LogP contribution is 2.42. The van der Waals surface area contributed by atoms with Gasteiger partial charge in [0.1, 0.15) is 17.7 Å². The lowest BCUT2D eigenvalue weighted by atomic mass is 9.92. The van der Waals surface area contributed by atoms with Crippen LogP contribution in [0.4, 0.5) is 10.5 Å². The number of anilines is 1. The highest BCUT2D eigenvalue weighted by molar-refractivity contribution is 6.01. The van der Waals surface area contributed by atoms with Crippen molar-refractivity contribution in [2.75, 3.05) is 5.32 Å². The first kappa shape index (κ1) is 31.8. The molecule has 4 aromatic carbocycles. The van der Waals surface area contributed by atoms with Crippen LogP contribution in [0.25, 0.3) is 10.8 Å². The van der Waals surface area contributed by atoms with Crippen LogP contribution in [0.2, 0.25) is 0 Å². The number of carbonyl (C=O) groups excluding carboxylic acids is 3. The Bertz CT molecular complexity index is 1670. The Hall–Kier alpha value is -4.65. The number of amides is 3. The number of benzene rings is 4. The van der Waals surface area contributed by atoms with Gasteiger partial charge in [-0.2, -0.15) is 0 Å². The van der Waals surface area contributed by atoms with Gasteiger partial charge in [-0.05, 0) is 92.1 Å². The highest BCUT2D eigenvalue weighted by Gasteiger charge is 2.48. The minimum absolute atomic E-state index is 0.164. The van der Waals surface area contributed by atoms with Crippen molar-refractivity contribution in [3.8, 4) is 0 Å². The van der Waals surface area contributed by atoms with E-state index in [0.717, 1.165) is 39.4 Å². The van der Waals surface area contributed by atoms with Gasteiger partial charge >= 0.3 is 6.09 Å². The lowest BCUT2D eigenvalue weighted by Crippen LogP contribution is -2.54. The number of fused-ring (bicyclic) bond motifs is 1. The molecular formula is C38H43N3O4. The summed E-state index contributed by atoms with van der Waals surface area (Å²) in [4.78, 5) is 44.1. The van der Waals surface area contributed by atoms with Crippen molar-refractivity contribution in [3.05, 3.63) is 113 Å². The van der Waals surface area contributed by atoms with Gasteiger partial charge in [-0.3, -0.25) is 9.59 Å². The van der Waals surface area contributed by atoms with Crippen LogP contribution in [0.3, 0.4) is 0 Å². The van der Waals surface area contributed by atoms with E-state index in [1.807, 2.05) is 105 Å². The van der Waals surface area contributed by atoms with Crippen molar-refractivity contribution in [1.82, 2.24) is 10.2 Å². The zero-order valence-corrected chi connectivity index (χ0v) is 27.0. The third-order valence-corrected chi connectivity index (χ3v) is 8.31. The molecule has 1 aliphatic rings. The van der Waals surface area contributed by atoms with Gasteiger partial charge in [-0.1, -0.05) is 85.8 Å². The lowest BCUT2D eigenvalue weighted by molar-refractivity contribution is -0.141. The molecule has 0 aliphatic heterocycles. The smallest absolute Gasteiger partial charge is 0.408 e. The van der Waals surface area contributed by atoms with E-state index in [9.17, 15) is 14.4 Å². The first-order valence-electron chi connectivity index (χ1n) is 15.6. The molecule has 0 aromatic heterocycles. The number of hydrogen-bond donors (Lipinski definition) is 2. The van der Waals surface area contributed by atoms with Crippen LogP contribution in [-0.4, -0.2) is 40.5 Å². The Morgan fingerprint density at radius 3 is 2.11 bits per heavy atom. The summed E-state index contributed by atoms with van der Waals surface area (Å²) < 4.78 is 5.58. The molecule has 1 aliphatic carbocycles. The SMILES string of the molecule is Cc1cccc(C)c1C(C(=O)Nc1ccc2ccccc2c1)N(C(=O)C(Cc1ccccc1)NC(=O)OC(C)(C)C)C1CC1C. The van der Waals surface area contributed by atoms with Crippen molar-refractivity contribution in [1.29, 1.82) is 0 Å². The second kappa shape index (κ2) is 13.1. The van der Waals surface area contributed by atoms with E-state index in [4.69, 9.17) is 4.74 Å². The number of aryl methyl sites for hydroxylation is 2. The second-order valence-electron chi connectivity index (χ2n) is 13.2. The number of hydrogen-bond acceptors (Lipinski definition) is 4. The summed E-state index contributed by atoms with van der Waals surface area (Å²) in [6, 6.07) is 27.2. The van der Waals surface area contributed by atoms with E-state index >= 15 is 0 Å². The van der Waals surface area contributed by atoms with Gasteiger partial charge in [-0.15, -0.1) is 0 Å². The molecule has 3 amide bonds. The largest absolute Gasteiger partial charge is 0.444 e. The first-order valence-corrected chi connectivity index (χ1v) is 15.6. The minimum atomic E-state index is -0.949. The van der Waals surface area contributed by atoms with Crippen molar-refractivity contribution < 1.29 is 19.1 Å². The first-order chi connectivity index (χ1) is 21.4. The molecule has 7 nitrogen and oxygen atoms in total. The molecule has 0 radical (unpaired) electrons. The summed E-state index contributed by atoms with van der Waals surface area (Å²) in [5.41, 5.74) is 3.42. The van der Waals surface area contributed by atoms with Crippen LogP contribution in [0.5, 0.6) is 0 Å². The number of carbonyl (C=O) groups is 3. The fourth-order valence-electron chi connectivity index (χ4n) is 5.98. The average Bonchev–Trinajstić information content (AvgIpc) is 3.70. The van der Waals surface area contributed by atoms with Gasteiger partial charge < -0.3 is 20.3 Å². The summed E-state index contributed by atoms with van der Waals surface area (Å²) in [6.45, 7) is 11.4. The molecule has 0 heterocycles. The van der Waals surface area contributed by atoms with Crippen molar-refractivity contribution in [2.45, 2.75) is 78.1 Å². The number of nitrogens with one attached hydrogen (secondary N) is 2. The highest BCUT2D eigenvalue weighted by atomic mass is 16.6. The van der Waals surface area contributed by atoms with Crippen molar-refractivity contribution in [2.24, 2.45) is 5.92 Å². The third-order valence-electron chi connectivity index (χ3n) is 8.31. The van der Waals surface area contributed by atoms with E-state index in [1.54, 1.807) is 25.7 Å². The van der Waals surface area contributed by atoms with Gasteiger partial charge in [0.05, 0.1) is 0 Å². The summed E-state index contributed by atoms with van der Waals surface area (Å²) in [7, 11) is 0. The van der Waals surface area contributed by atoms with Gasteiger partial charge in [0, 0.05) is 18.2 Å². The maximum Gasteiger partial charge on any atom is 0.408 e. The lowest BCUT2D eigenvalue weighted by Gasteiger charge is -2.36. The molecule has 1 saturated carbocycles. The maximum absolute atomic E-state index is 14.8. The Morgan fingerprint density at radius 2 is 1.49 bits per heavy atom. The fraction of sp³-hybridized carbons (Fsp3) is 0.342. The van der Waals surface area contributed by atoms with Gasteiger partial charge in [0.25, 0.3) is 5.91 Å². The van der Waals surface area contributed by atoms with Gasteiger partial charge in [-0.25, -0.2) is 4.79 Å². The van der Waals surface area contributed by atoms with Crippen LogP contribution in [0.1, 0.15) is 62.4 Å². The predicted molar refractivity (Wildman–Crippen MR) is 179 cm³/mol. The summed E-state index contributed by atoms with van der Waals surface area (Å²) in [5, 5.41) is 8.07. The molecule has 2 N–H and O–H groups in total. The Balaban J connectivity index is 1.56. The third kappa shape index (κ3) is 7.72. The van der Waals surface area contributed by atoms with Crippen molar-refractivity contribution in [3.63, 3.8) is 0 Å². The Morgan fingerprint density at radius 1 is 0.867 bits per heavy atom. The van der Waals surface area contributed by atoms with E-state index < -0.39 is 23.8 Å². The molecule has 0 bridgehead atoms. The molecule has 7 heteroatoms. The monoisotopic (exact) mass is 605 g/mol. The normalized spacial score (nSPS) is 17.2. The molecule has 0 spiro atoms. The molecule has 1 fully saturated rings. The summed E-state index contributed by atoms with van der Waals surface area (Å²) in [5.74, 6) is -0.417. The van der Waals surface area contributed by atoms with Crippen LogP contribution >= 0.6 is 0 Å². The Kier molecular flexibility index (Phi) is 9.28. The van der Waals surface area contributed by atoms with Crippen LogP contribution in [-0.2, 0) is 20.7 Å². The zero-order valence-electron chi connectivity index (χ0n) is 27.0. The minimum Gasteiger partial charge on any atom is -0.444 e. The molecule has 4 atom stereocenters. The molecule has 0 saturated heterocycles. The summed E-state index contributed by atoms with van der Waals surface area (Å²) >= 11 is 0. The van der Waals surface area contributed by atoms with Crippen molar-refractivity contribution >= 4 is 34.4 Å². The predicted octanol–water partition coefficient (Wildman–Crippen LogP) is 7.51. The van der Waals surface area contributed by atoms with Crippen LogP contribution < -0.4 is 10.6 Å². The average molecular weight is 606 g/mol. The molecule has 4 aromatic rings. The topological polar surface area (TPSA) is 87.7 Å². The van der Waals surface area contributed by atoms with Gasteiger partial charge in [0.15, 0.2) is 0 Å². The van der Waals surface area contributed by atoms with Crippen LogP contribution in [0, 0.1) is 19.8 Å². The standard InChI is InChI=1S/C38H43N3O4/c1-24-13-12-14-25(2)33(24)34(35(42)39-30-20-19-28-17-10-11-18-29(28)23-30)41(32-21-26(32)3)36(43)31(22-27-15-8-7-9-16-27)40-37(44)45-38(4,5)6/h7-20,23,26,31-32,34H,21-22H2,1-6H3,(H,39,42)(H,40,44). The van der Waals surface area contributed by atoms with Crippen LogP contribution in [0.15, 0.2) is 91.0 Å². The number of nitrogens with zero attached hydrogens (tertiary/aromatic N) is 1. The molecular weight excluding hydrogens is 562 g/mol. The van der Waals surface area contributed by atoms with Gasteiger partial charge in [0.2, 0.25) is 5.91 Å². The van der Waals surface area contributed by atoms with E-state index in [0.29, 0.717) is 5.69 Å². The quantitative estimate of drug-likeness (QED) is 0.207. The second-order valence-corrected chi connectivity index (χ2v) is 13.2. The van der Waals surface area contributed by atoms with E-state index in [1.165, 1.54) is 0 Å². The Labute approximate surface area is 266 Å².